The van der Waals surface area contributed by atoms with Crippen molar-refractivity contribution in [2.75, 3.05) is 14.7 Å². The van der Waals surface area contributed by atoms with Crippen molar-refractivity contribution in [3.63, 3.8) is 0 Å². The van der Waals surface area contributed by atoms with Gasteiger partial charge < -0.3 is 14.7 Å². The lowest BCUT2D eigenvalue weighted by Gasteiger charge is -2.26. The Kier molecular flexibility index (Phi) is 11.2. The Morgan fingerprint density at radius 2 is 0.459 bits per heavy atom. The third kappa shape index (κ3) is 8.40. The summed E-state index contributed by atoms with van der Waals surface area (Å²) in [7, 11) is 0. The molecule has 292 valence electrons. The lowest BCUT2D eigenvalue weighted by atomic mass is 10.0. The first-order chi connectivity index (χ1) is 30.1. The van der Waals surface area contributed by atoms with Crippen molar-refractivity contribution < 1.29 is 0 Å². The molecule has 0 aromatic heterocycles. The molecule has 0 atom stereocenters. The van der Waals surface area contributed by atoms with Gasteiger partial charge in [-0.2, -0.15) is 0 Å². The van der Waals surface area contributed by atoms with Gasteiger partial charge in [0.15, 0.2) is 0 Å². The molecule has 0 aliphatic rings. The van der Waals surface area contributed by atoms with E-state index < -0.39 is 0 Å². The SMILES string of the molecule is C=Cc1cccc(N(c2ccccc2)c2ccc(-c3ccc(N(c4ccccc4)c4ccc(-c5ccc(N(c6ccccc6)c6cccc(C=C)c6)cc5)cc4)cc3)cc2)c1. The van der Waals surface area contributed by atoms with E-state index in [1.54, 1.807) is 0 Å². The summed E-state index contributed by atoms with van der Waals surface area (Å²) in [5.41, 5.74) is 16.6. The van der Waals surface area contributed by atoms with Crippen LogP contribution in [0.25, 0.3) is 34.4 Å². The number of rotatable bonds is 13. The van der Waals surface area contributed by atoms with E-state index in [0.29, 0.717) is 0 Å². The van der Waals surface area contributed by atoms with E-state index >= 15 is 0 Å². The predicted molar refractivity (Wildman–Crippen MR) is 262 cm³/mol. The number of hydrogen-bond donors (Lipinski definition) is 0. The van der Waals surface area contributed by atoms with Gasteiger partial charge in [0, 0.05) is 51.2 Å². The number of para-hydroxylation sites is 3. The van der Waals surface area contributed by atoms with Gasteiger partial charge in [-0.05, 0) is 143 Å². The molecule has 3 nitrogen and oxygen atoms in total. The molecule has 0 spiro atoms. The van der Waals surface area contributed by atoms with Crippen molar-refractivity contribution in [1.82, 2.24) is 0 Å². The number of hydrogen-bond acceptors (Lipinski definition) is 3. The van der Waals surface area contributed by atoms with Gasteiger partial charge in [-0.25, -0.2) is 0 Å². The van der Waals surface area contributed by atoms with Gasteiger partial charge >= 0.3 is 0 Å². The third-order valence-electron chi connectivity index (χ3n) is 10.9. The minimum atomic E-state index is 1.08. The highest BCUT2D eigenvalue weighted by Gasteiger charge is 2.16. The summed E-state index contributed by atoms with van der Waals surface area (Å²) in [4.78, 5) is 6.87. The second-order valence-corrected chi connectivity index (χ2v) is 14.8. The molecular weight excluding hydrogens is 739 g/mol. The monoisotopic (exact) mass is 783 g/mol. The van der Waals surface area contributed by atoms with E-state index in [0.717, 1.165) is 84.6 Å². The zero-order chi connectivity index (χ0) is 41.4. The molecule has 0 N–H and O–H groups in total. The third-order valence-corrected chi connectivity index (χ3v) is 10.9. The molecule has 61 heavy (non-hydrogen) atoms. The Bertz CT molecular complexity index is 2670. The Morgan fingerprint density at radius 1 is 0.230 bits per heavy atom. The average molecular weight is 784 g/mol. The number of benzene rings is 9. The highest BCUT2D eigenvalue weighted by Crippen LogP contribution is 2.40. The maximum atomic E-state index is 3.99. The summed E-state index contributed by atoms with van der Waals surface area (Å²) in [6.45, 7) is 7.98. The molecule has 9 aromatic rings. The molecule has 0 aliphatic carbocycles. The smallest absolute Gasteiger partial charge is 0.0467 e. The lowest BCUT2D eigenvalue weighted by molar-refractivity contribution is 1.28. The van der Waals surface area contributed by atoms with Crippen LogP contribution in [-0.2, 0) is 0 Å². The molecule has 0 radical (unpaired) electrons. The van der Waals surface area contributed by atoms with Crippen molar-refractivity contribution >= 4 is 63.3 Å². The molecule has 0 heterocycles. The lowest BCUT2D eigenvalue weighted by Crippen LogP contribution is -2.10. The van der Waals surface area contributed by atoms with Gasteiger partial charge in [0.1, 0.15) is 0 Å². The number of nitrogens with zero attached hydrogens (tertiary/aromatic N) is 3. The molecule has 0 aliphatic heterocycles. The quantitative estimate of drug-likeness (QED) is 0.115. The molecular formula is C58H45N3. The zero-order valence-electron chi connectivity index (χ0n) is 33.9. The fourth-order valence-electron chi connectivity index (χ4n) is 7.87. The van der Waals surface area contributed by atoms with Crippen LogP contribution >= 0.6 is 0 Å². The molecule has 9 rings (SSSR count). The van der Waals surface area contributed by atoms with E-state index in [2.05, 4.69) is 252 Å². The number of anilines is 9. The van der Waals surface area contributed by atoms with Crippen LogP contribution in [0.4, 0.5) is 51.2 Å². The van der Waals surface area contributed by atoms with E-state index in [4.69, 9.17) is 0 Å². The summed E-state index contributed by atoms with van der Waals surface area (Å²) >= 11 is 0. The second kappa shape index (κ2) is 17.8. The average Bonchev–Trinajstić information content (AvgIpc) is 3.34. The Hall–Kier alpha value is -8.14. The fraction of sp³-hybridized carbons (Fsp3) is 0. The molecule has 0 saturated carbocycles. The van der Waals surface area contributed by atoms with Gasteiger partial charge in [0.05, 0.1) is 0 Å². The first-order valence-electron chi connectivity index (χ1n) is 20.6. The Morgan fingerprint density at radius 3 is 0.721 bits per heavy atom. The minimum absolute atomic E-state index is 1.08. The maximum absolute atomic E-state index is 3.99. The van der Waals surface area contributed by atoms with Crippen molar-refractivity contribution in [2.24, 2.45) is 0 Å². The maximum Gasteiger partial charge on any atom is 0.0467 e. The summed E-state index contributed by atoms with van der Waals surface area (Å²) in [5, 5.41) is 0. The van der Waals surface area contributed by atoms with Crippen molar-refractivity contribution in [3.05, 3.63) is 261 Å². The van der Waals surface area contributed by atoms with Crippen molar-refractivity contribution in [2.45, 2.75) is 0 Å². The van der Waals surface area contributed by atoms with Gasteiger partial charge in [-0.1, -0.05) is 153 Å². The normalized spacial score (nSPS) is 10.8. The standard InChI is InChI=1S/C58H45N3/c1-3-44-16-14-24-57(42-44)60(51-20-10-6-11-21-51)55-38-30-48(31-39-55)46-26-34-53(35-27-46)59(50-18-8-5-9-19-50)54-36-28-47(29-37-54)49-32-40-56(41-33-49)61(52-22-12-7-13-23-52)58-25-15-17-45(4-2)43-58/h3-43H,1-2H2. The topological polar surface area (TPSA) is 9.72 Å². The fourth-order valence-corrected chi connectivity index (χ4v) is 7.87. The predicted octanol–water partition coefficient (Wildman–Crippen LogP) is 16.7. The molecule has 9 aromatic carbocycles. The molecule has 0 amide bonds. The van der Waals surface area contributed by atoms with Crippen molar-refractivity contribution in [1.29, 1.82) is 0 Å². The van der Waals surface area contributed by atoms with Gasteiger partial charge in [0.2, 0.25) is 0 Å². The highest BCUT2D eigenvalue weighted by molar-refractivity contribution is 5.83. The summed E-state index contributed by atoms with van der Waals surface area (Å²) < 4.78 is 0. The Balaban J connectivity index is 0.974. The van der Waals surface area contributed by atoms with Crippen LogP contribution in [0.3, 0.4) is 0 Å². The van der Waals surface area contributed by atoms with Gasteiger partial charge in [0.25, 0.3) is 0 Å². The van der Waals surface area contributed by atoms with Crippen LogP contribution in [0.15, 0.2) is 250 Å². The highest BCUT2D eigenvalue weighted by atomic mass is 15.2. The van der Waals surface area contributed by atoms with Gasteiger partial charge in [-0.15, -0.1) is 0 Å². The second-order valence-electron chi connectivity index (χ2n) is 14.8. The molecule has 0 unspecified atom stereocenters. The summed E-state index contributed by atoms with van der Waals surface area (Å²) in [5.74, 6) is 0. The molecule has 0 fully saturated rings. The van der Waals surface area contributed by atoms with Crippen LogP contribution in [0.1, 0.15) is 11.1 Å². The summed E-state index contributed by atoms with van der Waals surface area (Å²) in [6, 6.07) is 83.8. The largest absolute Gasteiger partial charge is 0.311 e. The van der Waals surface area contributed by atoms with E-state index in [-0.39, 0.29) is 0 Å². The first kappa shape index (κ1) is 38.4. The zero-order valence-corrected chi connectivity index (χ0v) is 33.9. The van der Waals surface area contributed by atoms with E-state index in [1.165, 1.54) is 0 Å². The van der Waals surface area contributed by atoms with Crippen LogP contribution in [-0.4, -0.2) is 0 Å². The molecule has 0 saturated heterocycles. The van der Waals surface area contributed by atoms with Crippen LogP contribution in [0.5, 0.6) is 0 Å². The Labute approximate surface area is 359 Å². The van der Waals surface area contributed by atoms with Crippen LogP contribution in [0.2, 0.25) is 0 Å². The minimum Gasteiger partial charge on any atom is -0.311 e. The molecule has 3 heteroatoms. The molecule has 0 bridgehead atoms. The first-order valence-corrected chi connectivity index (χ1v) is 20.6. The van der Waals surface area contributed by atoms with Crippen LogP contribution < -0.4 is 14.7 Å². The van der Waals surface area contributed by atoms with E-state index in [1.807, 2.05) is 24.3 Å². The summed E-state index contributed by atoms with van der Waals surface area (Å²) in [6.07, 6.45) is 3.78. The van der Waals surface area contributed by atoms with E-state index in [9.17, 15) is 0 Å². The van der Waals surface area contributed by atoms with Crippen molar-refractivity contribution in [3.8, 4) is 22.3 Å². The van der Waals surface area contributed by atoms with Crippen LogP contribution in [0, 0.1) is 0 Å². The van der Waals surface area contributed by atoms with Gasteiger partial charge in [-0.3, -0.25) is 0 Å².